The van der Waals surface area contributed by atoms with Crippen LogP contribution in [-0.2, 0) is 14.6 Å². The average molecular weight is 286 g/mol. The van der Waals surface area contributed by atoms with Crippen molar-refractivity contribution in [2.45, 2.75) is 32.4 Å². The Hall–Kier alpha value is -1.41. The van der Waals surface area contributed by atoms with Gasteiger partial charge in [0.05, 0.1) is 29.3 Å². The number of rotatable bonds is 3. The van der Waals surface area contributed by atoms with Gasteiger partial charge < -0.3 is 11.1 Å². The summed E-state index contributed by atoms with van der Waals surface area (Å²) in [6.45, 7) is 3.38. The third-order valence-electron chi connectivity index (χ3n) is 3.08. The quantitative estimate of drug-likeness (QED) is 0.802. The molecule has 0 spiro atoms. The number of nitrogens with zero attached hydrogens (tertiary/aromatic N) is 2. The Kier molecular flexibility index (Phi) is 3.64. The number of nitrogens with one attached hydrogen (secondary N) is 1. The monoisotopic (exact) mass is 286 g/mol. The lowest BCUT2D eigenvalue weighted by molar-refractivity contribution is -0.117. The highest BCUT2D eigenvalue weighted by Crippen LogP contribution is 2.27. The number of anilines is 1. The summed E-state index contributed by atoms with van der Waals surface area (Å²) >= 11 is 0. The van der Waals surface area contributed by atoms with Crippen LogP contribution < -0.4 is 11.1 Å². The molecule has 2 heterocycles. The van der Waals surface area contributed by atoms with Crippen LogP contribution in [0.5, 0.6) is 0 Å². The van der Waals surface area contributed by atoms with Crippen molar-refractivity contribution in [3.05, 3.63) is 11.8 Å². The summed E-state index contributed by atoms with van der Waals surface area (Å²) in [5.74, 6) is 0.413. The average Bonchev–Trinajstić information content (AvgIpc) is 2.81. The highest BCUT2D eigenvalue weighted by Gasteiger charge is 2.31. The first-order chi connectivity index (χ1) is 8.78. The lowest BCUT2D eigenvalue weighted by atomic mass is 10.2. The first-order valence-electron chi connectivity index (χ1n) is 6.11. The van der Waals surface area contributed by atoms with Crippen LogP contribution in [0, 0.1) is 6.92 Å². The Morgan fingerprint density at radius 1 is 1.63 bits per heavy atom. The van der Waals surface area contributed by atoms with E-state index < -0.39 is 15.9 Å². The van der Waals surface area contributed by atoms with Crippen molar-refractivity contribution in [3.8, 4) is 0 Å². The van der Waals surface area contributed by atoms with Crippen molar-refractivity contribution in [3.63, 3.8) is 0 Å². The lowest BCUT2D eigenvalue weighted by Crippen LogP contribution is -2.33. The Balaban J connectivity index is 2.24. The number of sulfone groups is 1. The summed E-state index contributed by atoms with van der Waals surface area (Å²) in [5.41, 5.74) is 6.23. The molecule has 8 heteroatoms. The number of carbonyl (C=O) groups excluding carboxylic acids is 1. The van der Waals surface area contributed by atoms with Gasteiger partial charge in [-0.1, -0.05) is 0 Å². The second-order valence-corrected chi connectivity index (χ2v) is 7.18. The van der Waals surface area contributed by atoms with Gasteiger partial charge in [0, 0.05) is 6.07 Å². The maximum atomic E-state index is 11.6. The van der Waals surface area contributed by atoms with E-state index in [1.54, 1.807) is 24.6 Å². The summed E-state index contributed by atoms with van der Waals surface area (Å²) < 4.78 is 24.6. The minimum absolute atomic E-state index is 0.0647. The molecular formula is C11H18N4O3S. The Bertz CT molecular complexity index is 591. The van der Waals surface area contributed by atoms with E-state index in [2.05, 4.69) is 10.4 Å². The van der Waals surface area contributed by atoms with Crippen LogP contribution >= 0.6 is 0 Å². The Morgan fingerprint density at radius 3 is 2.84 bits per heavy atom. The van der Waals surface area contributed by atoms with Crippen molar-refractivity contribution < 1.29 is 13.2 Å². The smallest absolute Gasteiger partial charge is 0.242 e. The number of amides is 1. The fourth-order valence-corrected chi connectivity index (χ4v) is 3.79. The van der Waals surface area contributed by atoms with Gasteiger partial charge in [-0.3, -0.25) is 4.79 Å². The van der Waals surface area contributed by atoms with Crippen molar-refractivity contribution in [2.24, 2.45) is 5.73 Å². The molecule has 0 unspecified atom stereocenters. The van der Waals surface area contributed by atoms with Gasteiger partial charge in [0.1, 0.15) is 5.82 Å². The van der Waals surface area contributed by atoms with Crippen LogP contribution in [0.15, 0.2) is 6.07 Å². The number of aromatic nitrogens is 2. The van der Waals surface area contributed by atoms with Crippen molar-refractivity contribution in [1.82, 2.24) is 9.78 Å². The summed E-state index contributed by atoms with van der Waals surface area (Å²) in [6.07, 6.45) is 0.518. The van der Waals surface area contributed by atoms with E-state index in [0.29, 0.717) is 12.2 Å². The molecule has 0 saturated carbocycles. The molecule has 1 aromatic heterocycles. The molecule has 1 aliphatic heterocycles. The fraction of sp³-hybridized carbons (Fsp3) is 0.636. The van der Waals surface area contributed by atoms with Gasteiger partial charge in [0.25, 0.3) is 0 Å². The first kappa shape index (κ1) is 14.0. The van der Waals surface area contributed by atoms with Gasteiger partial charge in [0.15, 0.2) is 9.84 Å². The van der Waals surface area contributed by atoms with Crippen molar-refractivity contribution in [2.75, 3.05) is 16.8 Å². The van der Waals surface area contributed by atoms with E-state index in [-0.39, 0.29) is 23.5 Å². The SMILES string of the molecule is Cc1cc(NC(=O)[C@@H](C)N)n([C@@H]2CCS(=O)(=O)C2)n1. The van der Waals surface area contributed by atoms with Crippen LogP contribution in [0.1, 0.15) is 25.1 Å². The van der Waals surface area contributed by atoms with E-state index >= 15 is 0 Å². The molecule has 1 aromatic rings. The van der Waals surface area contributed by atoms with Crippen LogP contribution in [-0.4, -0.2) is 41.7 Å². The molecule has 1 fully saturated rings. The van der Waals surface area contributed by atoms with Crippen LogP contribution in [0.2, 0.25) is 0 Å². The molecule has 1 aliphatic rings. The topological polar surface area (TPSA) is 107 Å². The Labute approximate surface area is 112 Å². The number of carbonyl (C=O) groups is 1. The summed E-state index contributed by atoms with van der Waals surface area (Å²) in [7, 11) is -2.99. The third kappa shape index (κ3) is 3.13. The van der Waals surface area contributed by atoms with Crippen LogP contribution in [0.25, 0.3) is 0 Å². The molecular weight excluding hydrogens is 268 g/mol. The van der Waals surface area contributed by atoms with Gasteiger partial charge in [-0.2, -0.15) is 5.10 Å². The van der Waals surface area contributed by atoms with Crippen LogP contribution in [0.4, 0.5) is 5.82 Å². The molecule has 1 amide bonds. The van der Waals surface area contributed by atoms with Crippen molar-refractivity contribution >= 4 is 21.6 Å². The molecule has 2 rings (SSSR count). The zero-order chi connectivity index (χ0) is 14.2. The molecule has 106 valence electrons. The van der Waals surface area contributed by atoms with Gasteiger partial charge in [-0.05, 0) is 20.3 Å². The second-order valence-electron chi connectivity index (χ2n) is 4.95. The van der Waals surface area contributed by atoms with E-state index in [1.807, 2.05) is 0 Å². The molecule has 1 saturated heterocycles. The first-order valence-corrected chi connectivity index (χ1v) is 7.93. The molecule has 0 bridgehead atoms. The zero-order valence-corrected chi connectivity index (χ0v) is 11.8. The van der Waals surface area contributed by atoms with Crippen LogP contribution in [0.3, 0.4) is 0 Å². The highest BCUT2D eigenvalue weighted by molar-refractivity contribution is 7.91. The maximum absolute atomic E-state index is 11.6. The molecule has 19 heavy (non-hydrogen) atoms. The fourth-order valence-electron chi connectivity index (χ4n) is 2.10. The predicted octanol–water partition coefficient (Wildman–Crippen LogP) is -0.163. The number of hydrogen-bond acceptors (Lipinski definition) is 5. The molecule has 7 nitrogen and oxygen atoms in total. The van der Waals surface area contributed by atoms with E-state index in [9.17, 15) is 13.2 Å². The molecule has 0 aromatic carbocycles. The van der Waals surface area contributed by atoms with Crippen molar-refractivity contribution in [1.29, 1.82) is 0 Å². The number of hydrogen-bond donors (Lipinski definition) is 2. The second kappa shape index (κ2) is 4.93. The predicted molar refractivity (Wildman–Crippen MR) is 71.6 cm³/mol. The highest BCUT2D eigenvalue weighted by atomic mass is 32.2. The van der Waals surface area contributed by atoms with E-state index in [0.717, 1.165) is 5.69 Å². The number of nitrogens with two attached hydrogens (primary N) is 1. The molecule has 0 radical (unpaired) electrons. The van der Waals surface area contributed by atoms with Gasteiger partial charge in [0.2, 0.25) is 5.91 Å². The molecule has 3 N–H and O–H groups in total. The maximum Gasteiger partial charge on any atom is 0.242 e. The minimum atomic E-state index is -2.99. The van der Waals surface area contributed by atoms with Gasteiger partial charge >= 0.3 is 0 Å². The van der Waals surface area contributed by atoms with E-state index in [1.165, 1.54) is 0 Å². The normalized spacial score (nSPS) is 23.2. The standard InChI is InChI=1S/C11H18N4O3S/c1-7-5-10(13-11(16)8(2)12)15(14-7)9-3-4-19(17,18)6-9/h5,8-9H,3-4,6,12H2,1-2H3,(H,13,16)/t8-,9-/m1/s1. The zero-order valence-electron chi connectivity index (χ0n) is 11.0. The molecule has 0 aliphatic carbocycles. The third-order valence-corrected chi connectivity index (χ3v) is 4.83. The molecule has 2 atom stereocenters. The minimum Gasteiger partial charge on any atom is -0.320 e. The van der Waals surface area contributed by atoms with Gasteiger partial charge in [-0.25, -0.2) is 13.1 Å². The summed E-state index contributed by atoms with van der Waals surface area (Å²) in [5, 5.41) is 6.94. The van der Waals surface area contributed by atoms with Gasteiger partial charge in [-0.15, -0.1) is 0 Å². The lowest BCUT2D eigenvalue weighted by Gasteiger charge is -2.14. The summed E-state index contributed by atoms with van der Waals surface area (Å²) in [6, 6.07) is 0.864. The van der Waals surface area contributed by atoms with E-state index in [4.69, 9.17) is 5.73 Å². The number of aryl methyl sites for hydroxylation is 1. The largest absolute Gasteiger partial charge is 0.320 e. The Morgan fingerprint density at radius 2 is 2.32 bits per heavy atom. The summed E-state index contributed by atoms with van der Waals surface area (Å²) in [4.78, 5) is 11.6.